The van der Waals surface area contributed by atoms with Gasteiger partial charge in [-0.25, -0.2) is 14.6 Å². The van der Waals surface area contributed by atoms with Gasteiger partial charge in [-0.15, -0.1) is 0 Å². The lowest BCUT2D eigenvalue weighted by molar-refractivity contribution is -0.0906. The Morgan fingerprint density at radius 1 is 1.35 bits per heavy atom. The van der Waals surface area contributed by atoms with Gasteiger partial charge in [-0.1, -0.05) is 0 Å². The van der Waals surface area contributed by atoms with E-state index in [1.807, 2.05) is 20.8 Å². The van der Waals surface area contributed by atoms with Crippen molar-refractivity contribution in [2.75, 3.05) is 13.1 Å². The van der Waals surface area contributed by atoms with Gasteiger partial charge in [0.2, 0.25) is 5.28 Å². The van der Waals surface area contributed by atoms with Gasteiger partial charge in [-0.2, -0.15) is 4.98 Å². The summed E-state index contributed by atoms with van der Waals surface area (Å²) in [6, 6.07) is 0.0675. The molecule has 0 bridgehead atoms. The molecular formula is C17H22ClN5O3. The number of carbonyl (C=O) groups is 1. The largest absolute Gasteiger partial charge is 0.444 e. The maximum atomic E-state index is 12.6. The average molecular weight is 380 g/mol. The van der Waals surface area contributed by atoms with Gasteiger partial charge in [0.1, 0.15) is 11.1 Å². The van der Waals surface area contributed by atoms with Crippen LogP contribution in [0.2, 0.25) is 5.28 Å². The van der Waals surface area contributed by atoms with Crippen LogP contribution in [0, 0.1) is 5.41 Å². The summed E-state index contributed by atoms with van der Waals surface area (Å²) in [5, 5.41) is 0.130. The highest BCUT2D eigenvalue weighted by Gasteiger charge is 2.55. The molecule has 1 saturated heterocycles. The van der Waals surface area contributed by atoms with Crippen molar-refractivity contribution >= 4 is 28.9 Å². The number of ether oxygens (including phenoxy) is 1. The van der Waals surface area contributed by atoms with Crippen LogP contribution in [0.15, 0.2) is 11.0 Å². The van der Waals surface area contributed by atoms with E-state index in [9.17, 15) is 9.59 Å². The highest BCUT2D eigenvalue weighted by Crippen LogP contribution is 2.54. The van der Waals surface area contributed by atoms with Gasteiger partial charge in [0.15, 0.2) is 5.65 Å². The number of carbonyl (C=O) groups excluding carboxylic acids is 1. The van der Waals surface area contributed by atoms with Gasteiger partial charge in [-0.3, -0.25) is 9.13 Å². The number of hydrogen-bond donors (Lipinski definition) is 0. The summed E-state index contributed by atoms with van der Waals surface area (Å²) in [4.78, 5) is 34.7. The Hall–Kier alpha value is -2.09. The molecule has 0 atom stereocenters. The van der Waals surface area contributed by atoms with Crippen molar-refractivity contribution in [3.63, 3.8) is 0 Å². The fraction of sp³-hybridized carbons (Fsp3) is 0.647. The Morgan fingerprint density at radius 3 is 2.62 bits per heavy atom. The quantitative estimate of drug-likeness (QED) is 0.710. The SMILES string of the molecule is Cn1c(=O)n(C2CC3(C2)CN(C(=O)OC(C)(C)C)C3)c2nc(Cl)ncc21. The fourth-order valence-corrected chi connectivity index (χ4v) is 4.17. The molecule has 9 heteroatoms. The number of rotatable bonds is 1. The maximum absolute atomic E-state index is 12.6. The van der Waals surface area contributed by atoms with Crippen LogP contribution in [-0.4, -0.2) is 48.8 Å². The van der Waals surface area contributed by atoms with Crippen molar-refractivity contribution in [2.24, 2.45) is 12.5 Å². The molecule has 4 rings (SSSR count). The smallest absolute Gasteiger partial charge is 0.410 e. The van der Waals surface area contributed by atoms with Gasteiger partial charge in [0.25, 0.3) is 0 Å². The molecule has 2 aromatic heterocycles. The van der Waals surface area contributed by atoms with Gasteiger partial charge < -0.3 is 9.64 Å². The zero-order valence-electron chi connectivity index (χ0n) is 15.3. The molecule has 26 heavy (non-hydrogen) atoms. The highest BCUT2D eigenvalue weighted by molar-refractivity contribution is 6.28. The van der Waals surface area contributed by atoms with Crippen molar-refractivity contribution in [1.29, 1.82) is 0 Å². The van der Waals surface area contributed by atoms with Crippen LogP contribution in [0.25, 0.3) is 11.2 Å². The van der Waals surface area contributed by atoms with Gasteiger partial charge in [0.05, 0.1) is 6.20 Å². The third-order valence-corrected chi connectivity index (χ3v) is 5.39. The molecule has 2 aromatic rings. The Kier molecular flexibility index (Phi) is 3.63. The van der Waals surface area contributed by atoms with Crippen molar-refractivity contribution in [2.45, 2.75) is 45.3 Å². The lowest BCUT2D eigenvalue weighted by Crippen LogP contribution is -2.64. The Morgan fingerprint density at radius 2 is 2.00 bits per heavy atom. The number of imidazole rings is 1. The van der Waals surface area contributed by atoms with E-state index in [1.165, 1.54) is 0 Å². The first-order chi connectivity index (χ1) is 12.1. The zero-order chi connectivity index (χ0) is 18.9. The van der Waals surface area contributed by atoms with Crippen LogP contribution in [0.5, 0.6) is 0 Å². The Labute approximate surface area is 155 Å². The molecule has 0 radical (unpaired) electrons. The predicted octanol–water partition coefficient (Wildman–Crippen LogP) is 2.36. The summed E-state index contributed by atoms with van der Waals surface area (Å²) < 4.78 is 8.66. The number of aryl methyl sites for hydroxylation is 1. The minimum Gasteiger partial charge on any atom is -0.444 e. The monoisotopic (exact) mass is 379 g/mol. The van der Waals surface area contributed by atoms with E-state index in [1.54, 1.807) is 27.3 Å². The van der Waals surface area contributed by atoms with Crippen LogP contribution in [0.1, 0.15) is 39.7 Å². The number of aromatic nitrogens is 4. The van der Waals surface area contributed by atoms with E-state index in [4.69, 9.17) is 16.3 Å². The van der Waals surface area contributed by atoms with Crippen molar-refractivity contribution < 1.29 is 9.53 Å². The molecule has 1 saturated carbocycles. The summed E-state index contributed by atoms with van der Waals surface area (Å²) in [6.07, 6.45) is 2.98. The second-order valence-electron chi connectivity index (χ2n) is 8.46. The van der Waals surface area contributed by atoms with Gasteiger partial charge >= 0.3 is 11.8 Å². The molecule has 1 spiro atoms. The molecule has 0 N–H and O–H groups in total. The normalized spacial score (nSPS) is 19.5. The van der Waals surface area contributed by atoms with E-state index < -0.39 is 5.60 Å². The van der Waals surface area contributed by atoms with Gasteiger partial charge in [0, 0.05) is 31.6 Å². The molecule has 140 valence electrons. The van der Waals surface area contributed by atoms with Crippen molar-refractivity contribution in [1.82, 2.24) is 24.0 Å². The van der Waals surface area contributed by atoms with Crippen LogP contribution < -0.4 is 5.69 Å². The second kappa shape index (κ2) is 5.45. The minimum absolute atomic E-state index is 0.0675. The Bertz CT molecular complexity index is 944. The van der Waals surface area contributed by atoms with Crippen LogP contribution in [0.4, 0.5) is 4.79 Å². The molecule has 2 aliphatic rings. The molecule has 1 aliphatic carbocycles. The summed E-state index contributed by atoms with van der Waals surface area (Å²) >= 11 is 5.91. The van der Waals surface area contributed by atoms with Gasteiger partial charge in [-0.05, 0) is 45.2 Å². The van der Waals surface area contributed by atoms with E-state index >= 15 is 0 Å². The summed E-state index contributed by atoms with van der Waals surface area (Å²) in [5.74, 6) is 0. The summed E-state index contributed by atoms with van der Waals surface area (Å²) in [7, 11) is 1.71. The standard InChI is InChI=1S/C17H22ClN5O3/c1-16(2,3)26-15(25)22-8-17(9-22)5-10(6-17)23-12-11(21(4)14(23)24)7-19-13(18)20-12/h7,10H,5-6,8-9H2,1-4H3. The minimum atomic E-state index is -0.489. The topological polar surface area (TPSA) is 82.2 Å². The molecule has 1 aliphatic heterocycles. The van der Waals surface area contributed by atoms with Crippen LogP contribution >= 0.6 is 11.6 Å². The summed E-state index contributed by atoms with van der Waals surface area (Å²) in [5.41, 5.74) is 0.724. The number of fused-ring (bicyclic) bond motifs is 1. The number of halogens is 1. The predicted molar refractivity (Wildman–Crippen MR) is 96.3 cm³/mol. The summed E-state index contributed by atoms with van der Waals surface area (Å²) in [6.45, 7) is 6.93. The van der Waals surface area contributed by atoms with E-state index in [2.05, 4.69) is 9.97 Å². The van der Waals surface area contributed by atoms with E-state index in [-0.39, 0.29) is 28.5 Å². The lowest BCUT2D eigenvalue weighted by atomic mass is 9.60. The molecule has 0 aromatic carbocycles. The lowest BCUT2D eigenvalue weighted by Gasteiger charge is -2.58. The maximum Gasteiger partial charge on any atom is 0.410 e. The van der Waals surface area contributed by atoms with Crippen molar-refractivity contribution in [3.8, 4) is 0 Å². The van der Waals surface area contributed by atoms with E-state index in [0.29, 0.717) is 24.3 Å². The van der Waals surface area contributed by atoms with Crippen LogP contribution in [-0.2, 0) is 11.8 Å². The third kappa shape index (κ3) is 2.67. The third-order valence-electron chi connectivity index (χ3n) is 5.21. The number of hydrogen-bond acceptors (Lipinski definition) is 5. The van der Waals surface area contributed by atoms with E-state index in [0.717, 1.165) is 12.8 Å². The first kappa shape index (κ1) is 17.3. The molecule has 3 heterocycles. The van der Waals surface area contributed by atoms with Crippen molar-refractivity contribution in [3.05, 3.63) is 22.0 Å². The number of nitrogens with zero attached hydrogens (tertiary/aromatic N) is 5. The zero-order valence-corrected chi connectivity index (χ0v) is 16.1. The number of likely N-dealkylation sites (tertiary alicyclic amines) is 1. The molecule has 2 fully saturated rings. The molecule has 0 unspecified atom stereocenters. The molecule has 1 amide bonds. The average Bonchev–Trinajstić information content (AvgIpc) is 2.67. The fourth-order valence-electron chi connectivity index (χ4n) is 4.04. The first-order valence-corrected chi connectivity index (χ1v) is 9.04. The second-order valence-corrected chi connectivity index (χ2v) is 8.80. The Balaban J connectivity index is 1.48. The highest BCUT2D eigenvalue weighted by atomic mass is 35.5. The van der Waals surface area contributed by atoms with Crippen LogP contribution in [0.3, 0.4) is 0 Å². The molecular weight excluding hydrogens is 358 g/mol. The molecule has 8 nitrogen and oxygen atoms in total. The number of amides is 1. The first-order valence-electron chi connectivity index (χ1n) is 8.66.